The van der Waals surface area contributed by atoms with Crippen molar-refractivity contribution in [1.29, 1.82) is 0 Å². The van der Waals surface area contributed by atoms with Crippen molar-refractivity contribution in [3.8, 4) is 23.0 Å². The van der Waals surface area contributed by atoms with Gasteiger partial charge >= 0.3 is 0 Å². The Labute approximate surface area is 237 Å². The lowest BCUT2D eigenvalue weighted by atomic mass is 9.77. The summed E-state index contributed by atoms with van der Waals surface area (Å²) in [6, 6.07) is 8.18. The van der Waals surface area contributed by atoms with Crippen LogP contribution in [0.15, 0.2) is 24.3 Å². The number of hydrogen-bond acceptors (Lipinski definition) is 8. The van der Waals surface area contributed by atoms with Crippen LogP contribution in [0.5, 0.6) is 23.0 Å². The van der Waals surface area contributed by atoms with Crippen LogP contribution in [0.3, 0.4) is 0 Å². The van der Waals surface area contributed by atoms with Gasteiger partial charge in [-0.05, 0) is 86.3 Å². The van der Waals surface area contributed by atoms with Crippen LogP contribution in [0.2, 0.25) is 0 Å². The van der Waals surface area contributed by atoms with Crippen molar-refractivity contribution in [2.24, 2.45) is 0 Å². The maximum Gasteiger partial charge on any atom is 0.264 e. The monoisotopic (exact) mass is 578 g/mol. The van der Waals surface area contributed by atoms with Gasteiger partial charge in [-0.1, -0.05) is 0 Å². The highest BCUT2D eigenvalue weighted by atomic mass is 32.2. The third-order valence-corrected chi connectivity index (χ3v) is 8.20. The van der Waals surface area contributed by atoms with Crippen molar-refractivity contribution < 1.29 is 36.7 Å². The number of carbonyl (C=O) groups excluding carboxylic acids is 1. The molecule has 0 saturated heterocycles. The smallest absolute Gasteiger partial charge is 0.264 e. The number of nitrogens with zero attached hydrogens (tertiary/aromatic N) is 2. The number of rotatable bonds is 11. The van der Waals surface area contributed by atoms with Crippen LogP contribution in [0.1, 0.15) is 41.5 Å². The van der Waals surface area contributed by atoms with Crippen molar-refractivity contribution in [2.75, 3.05) is 67.4 Å². The number of benzene rings is 2. The summed E-state index contributed by atoms with van der Waals surface area (Å²) in [6.45, 7) is 4.84. The topological polar surface area (TPSA) is 115 Å². The molecular weight excluding hydrogens is 536 g/mol. The van der Waals surface area contributed by atoms with Gasteiger partial charge < -0.3 is 28.7 Å². The minimum atomic E-state index is -3.66. The van der Waals surface area contributed by atoms with E-state index in [2.05, 4.69) is 24.1 Å². The zero-order valence-corrected chi connectivity index (χ0v) is 25.2. The van der Waals surface area contributed by atoms with E-state index in [0.717, 1.165) is 68.3 Å². The van der Waals surface area contributed by atoms with Gasteiger partial charge in [-0.2, -0.15) is 8.42 Å². The Balaban J connectivity index is 0.000000663. The lowest BCUT2D eigenvalue weighted by Crippen LogP contribution is -2.36. The molecule has 0 spiro atoms. The Hall–Kier alpha value is -3.02. The quantitative estimate of drug-likeness (QED) is 0.402. The van der Waals surface area contributed by atoms with E-state index in [0.29, 0.717) is 18.1 Å². The molecule has 10 nitrogen and oxygen atoms in total. The molecule has 1 atom stereocenters. The number of methoxy groups -OCH3 is 4. The van der Waals surface area contributed by atoms with Crippen molar-refractivity contribution >= 4 is 16.0 Å². The van der Waals surface area contributed by atoms with Gasteiger partial charge in [0.15, 0.2) is 23.0 Å². The zero-order valence-electron chi connectivity index (χ0n) is 24.4. The molecule has 2 aromatic carbocycles. The molecule has 2 aromatic rings. The molecule has 0 unspecified atom stereocenters. The lowest BCUT2D eigenvalue weighted by Gasteiger charge is -2.34. The normalized spacial score (nSPS) is 16.1. The SMILES string of the molecule is CCS(=O)(=O)O.COc1cc2c(cc1OC)CC(=O)N(CCCN(C)C[C@H]1Cc3cc(OC)c(OC)cc31)CC2. The average Bonchev–Trinajstić information content (AvgIpc) is 3.08. The second-order valence-corrected chi connectivity index (χ2v) is 11.8. The summed E-state index contributed by atoms with van der Waals surface area (Å²) in [5.41, 5.74) is 4.91. The minimum Gasteiger partial charge on any atom is -0.493 e. The molecule has 1 N–H and O–H groups in total. The Kier molecular flexibility index (Phi) is 11.1. The first-order valence-corrected chi connectivity index (χ1v) is 15.0. The number of amides is 1. The highest BCUT2D eigenvalue weighted by molar-refractivity contribution is 7.85. The molecule has 4 rings (SSSR count). The molecule has 11 heteroatoms. The second kappa shape index (κ2) is 14.0. The molecule has 1 amide bonds. The average molecular weight is 579 g/mol. The lowest BCUT2D eigenvalue weighted by molar-refractivity contribution is -0.130. The van der Waals surface area contributed by atoms with Crippen LogP contribution in [-0.2, 0) is 34.2 Å². The first-order chi connectivity index (χ1) is 19.0. The fourth-order valence-corrected chi connectivity index (χ4v) is 5.15. The number of carbonyl (C=O) groups is 1. The van der Waals surface area contributed by atoms with Gasteiger partial charge in [0.2, 0.25) is 5.91 Å². The minimum absolute atomic E-state index is 0.183. The largest absolute Gasteiger partial charge is 0.493 e. The molecule has 0 saturated carbocycles. The van der Waals surface area contributed by atoms with Crippen molar-refractivity contribution in [3.63, 3.8) is 0 Å². The van der Waals surface area contributed by atoms with Gasteiger partial charge in [0, 0.05) is 25.6 Å². The molecule has 0 bridgehead atoms. The van der Waals surface area contributed by atoms with Gasteiger partial charge in [-0.3, -0.25) is 9.35 Å². The molecule has 222 valence electrons. The number of fused-ring (bicyclic) bond motifs is 2. The van der Waals surface area contributed by atoms with E-state index in [4.69, 9.17) is 23.5 Å². The van der Waals surface area contributed by atoms with E-state index in [1.54, 1.807) is 28.4 Å². The number of likely N-dealkylation sites (N-methyl/N-ethyl adjacent to an activating group) is 1. The maximum atomic E-state index is 12.9. The second-order valence-electron chi connectivity index (χ2n) is 10.1. The van der Waals surface area contributed by atoms with E-state index in [-0.39, 0.29) is 11.7 Å². The number of ether oxygens (including phenoxy) is 4. The molecule has 40 heavy (non-hydrogen) atoms. The fraction of sp³-hybridized carbons (Fsp3) is 0.552. The summed E-state index contributed by atoms with van der Waals surface area (Å²) in [6.07, 6.45) is 3.27. The van der Waals surface area contributed by atoms with Crippen LogP contribution < -0.4 is 18.9 Å². The van der Waals surface area contributed by atoms with E-state index in [1.807, 2.05) is 17.0 Å². The van der Waals surface area contributed by atoms with E-state index >= 15 is 0 Å². The van der Waals surface area contributed by atoms with Gasteiger partial charge in [0.25, 0.3) is 10.1 Å². The van der Waals surface area contributed by atoms with Gasteiger partial charge in [0.1, 0.15) is 0 Å². The molecule has 0 aromatic heterocycles. The summed E-state index contributed by atoms with van der Waals surface area (Å²) in [4.78, 5) is 17.3. The third-order valence-electron chi connectivity index (χ3n) is 7.47. The molecule has 1 aliphatic heterocycles. The first-order valence-electron chi connectivity index (χ1n) is 13.4. The zero-order chi connectivity index (χ0) is 29.4. The van der Waals surface area contributed by atoms with Crippen molar-refractivity contribution in [1.82, 2.24) is 9.80 Å². The molecule has 0 radical (unpaired) electrons. The predicted molar refractivity (Wildman–Crippen MR) is 154 cm³/mol. The first kappa shape index (κ1) is 31.5. The van der Waals surface area contributed by atoms with Crippen LogP contribution >= 0.6 is 0 Å². The standard InChI is InChI=1S/C27H36N2O5.C2H6O3S/c1-28(17-21-11-20-14-25(33-4)26(34-5)16-22(20)21)8-6-9-29-10-7-18-12-23(31-2)24(32-3)13-19(18)15-27(29)30;1-2-6(3,4)5/h12-14,16,21H,6-11,15,17H2,1-5H3;2H2,1H3,(H,3,4,5)/t21-;/m1./s1. The van der Waals surface area contributed by atoms with E-state index < -0.39 is 10.1 Å². The summed E-state index contributed by atoms with van der Waals surface area (Å²) in [7, 11) is 5.13. The Morgan fingerprint density at radius 3 is 2.00 bits per heavy atom. The summed E-state index contributed by atoms with van der Waals surface area (Å²) in [5.74, 6) is 3.49. The van der Waals surface area contributed by atoms with Crippen molar-refractivity contribution in [2.45, 2.75) is 38.5 Å². The highest BCUT2D eigenvalue weighted by Gasteiger charge is 2.29. The Morgan fingerprint density at radius 2 is 1.45 bits per heavy atom. The van der Waals surface area contributed by atoms with Crippen LogP contribution in [0.4, 0.5) is 0 Å². The summed E-state index contributed by atoms with van der Waals surface area (Å²) >= 11 is 0. The van der Waals surface area contributed by atoms with Crippen molar-refractivity contribution in [3.05, 3.63) is 46.5 Å². The fourth-order valence-electron chi connectivity index (χ4n) is 5.15. The summed E-state index contributed by atoms with van der Waals surface area (Å²) in [5, 5.41) is 0. The Bertz CT molecular complexity index is 1280. The maximum absolute atomic E-state index is 12.9. The van der Waals surface area contributed by atoms with Crippen LogP contribution in [0.25, 0.3) is 0 Å². The highest BCUT2D eigenvalue weighted by Crippen LogP contribution is 2.42. The summed E-state index contributed by atoms with van der Waals surface area (Å²) < 4.78 is 48.7. The Morgan fingerprint density at radius 1 is 0.925 bits per heavy atom. The van der Waals surface area contributed by atoms with Crippen LogP contribution in [0, 0.1) is 0 Å². The number of hydrogen-bond donors (Lipinski definition) is 1. The third kappa shape index (κ3) is 8.02. The van der Waals surface area contributed by atoms with E-state index in [1.165, 1.54) is 23.6 Å². The van der Waals surface area contributed by atoms with Gasteiger partial charge in [0.05, 0.1) is 40.6 Å². The molecule has 0 fully saturated rings. The molecule has 1 heterocycles. The van der Waals surface area contributed by atoms with Crippen LogP contribution in [-0.4, -0.2) is 96.1 Å². The van der Waals surface area contributed by atoms with E-state index in [9.17, 15) is 13.2 Å². The predicted octanol–water partition coefficient (Wildman–Crippen LogP) is 3.20. The molecule has 1 aliphatic carbocycles. The van der Waals surface area contributed by atoms with Gasteiger partial charge in [-0.15, -0.1) is 0 Å². The molecule has 2 aliphatic rings. The molecular formula is C29H42N2O8S. The van der Waals surface area contributed by atoms with Gasteiger partial charge in [-0.25, -0.2) is 0 Å².